The largest absolute Gasteiger partial charge is 0.493 e. The summed E-state index contributed by atoms with van der Waals surface area (Å²) in [6.07, 6.45) is 5.32. The molecule has 1 fully saturated rings. The summed E-state index contributed by atoms with van der Waals surface area (Å²) in [5.41, 5.74) is 1.97. The standard InChI is InChI=1S/C14H18FNO/c15-13-4-5-14-11(6-8-17-14)12(13)9-10-3-1-2-7-16-10/h4-5,10,16H,1-3,6-9H2. The van der Waals surface area contributed by atoms with Gasteiger partial charge in [0, 0.05) is 18.0 Å². The topological polar surface area (TPSA) is 21.3 Å². The number of ether oxygens (including phenoxy) is 1. The maximum Gasteiger partial charge on any atom is 0.127 e. The second-order valence-electron chi connectivity index (χ2n) is 4.95. The third-order valence-corrected chi connectivity index (χ3v) is 3.80. The third-order valence-electron chi connectivity index (χ3n) is 3.80. The van der Waals surface area contributed by atoms with Crippen LogP contribution in [0.5, 0.6) is 5.75 Å². The van der Waals surface area contributed by atoms with E-state index in [0.717, 1.165) is 42.7 Å². The Kier molecular flexibility index (Phi) is 3.02. The van der Waals surface area contributed by atoms with Crippen molar-refractivity contribution < 1.29 is 9.13 Å². The van der Waals surface area contributed by atoms with Gasteiger partial charge in [0.25, 0.3) is 0 Å². The Balaban J connectivity index is 1.84. The lowest BCUT2D eigenvalue weighted by atomic mass is 9.93. The predicted molar refractivity (Wildman–Crippen MR) is 64.9 cm³/mol. The van der Waals surface area contributed by atoms with Crippen LogP contribution < -0.4 is 10.1 Å². The van der Waals surface area contributed by atoms with Crippen LogP contribution in [0.15, 0.2) is 12.1 Å². The van der Waals surface area contributed by atoms with Crippen LogP contribution in [0.3, 0.4) is 0 Å². The number of piperidine rings is 1. The van der Waals surface area contributed by atoms with Crippen molar-refractivity contribution in [2.24, 2.45) is 0 Å². The van der Waals surface area contributed by atoms with Crippen molar-refractivity contribution >= 4 is 0 Å². The van der Waals surface area contributed by atoms with Gasteiger partial charge in [-0.3, -0.25) is 0 Å². The van der Waals surface area contributed by atoms with Gasteiger partial charge in [0.05, 0.1) is 6.61 Å². The molecule has 1 aromatic rings. The van der Waals surface area contributed by atoms with E-state index in [1.165, 1.54) is 12.8 Å². The molecule has 0 radical (unpaired) electrons. The minimum atomic E-state index is -0.0679. The van der Waals surface area contributed by atoms with Gasteiger partial charge in [-0.25, -0.2) is 4.39 Å². The lowest BCUT2D eigenvalue weighted by Gasteiger charge is -2.24. The maximum absolute atomic E-state index is 13.9. The van der Waals surface area contributed by atoms with Gasteiger partial charge in [-0.05, 0) is 43.5 Å². The molecular formula is C14H18FNO. The Labute approximate surface area is 101 Å². The van der Waals surface area contributed by atoms with Crippen LogP contribution >= 0.6 is 0 Å². The molecule has 1 N–H and O–H groups in total. The molecule has 0 bridgehead atoms. The Bertz CT molecular complexity index is 413. The molecule has 92 valence electrons. The van der Waals surface area contributed by atoms with Gasteiger partial charge in [0.1, 0.15) is 11.6 Å². The van der Waals surface area contributed by atoms with Crippen LogP contribution in [0.4, 0.5) is 4.39 Å². The second kappa shape index (κ2) is 4.65. The summed E-state index contributed by atoms with van der Waals surface area (Å²) in [7, 11) is 0. The molecule has 1 saturated heterocycles. The van der Waals surface area contributed by atoms with E-state index in [0.29, 0.717) is 12.6 Å². The van der Waals surface area contributed by atoms with Crippen molar-refractivity contribution in [3.8, 4) is 5.75 Å². The van der Waals surface area contributed by atoms with Crippen molar-refractivity contribution in [3.05, 3.63) is 29.1 Å². The molecule has 3 rings (SSSR count). The Hall–Kier alpha value is -1.09. The zero-order valence-electron chi connectivity index (χ0n) is 9.97. The molecule has 2 heterocycles. The van der Waals surface area contributed by atoms with Gasteiger partial charge in [0.2, 0.25) is 0 Å². The zero-order valence-corrected chi connectivity index (χ0v) is 9.97. The van der Waals surface area contributed by atoms with E-state index in [-0.39, 0.29) is 5.82 Å². The van der Waals surface area contributed by atoms with Crippen LogP contribution in [0.25, 0.3) is 0 Å². The number of nitrogens with one attached hydrogen (secondary N) is 1. The summed E-state index contributed by atoms with van der Waals surface area (Å²) in [4.78, 5) is 0. The van der Waals surface area contributed by atoms with Crippen LogP contribution in [-0.2, 0) is 12.8 Å². The average Bonchev–Trinajstić information content (AvgIpc) is 2.83. The second-order valence-corrected chi connectivity index (χ2v) is 4.95. The highest BCUT2D eigenvalue weighted by Crippen LogP contribution is 2.31. The lowest BCUT2D eigenvalue weighted by Crippen LogP contribution is -2.36. The van der Waals surface area contributed by atoms with Gasteiger partial charge in [0.15, 0.2) is 0 Å². The molecule has 2 nitrogen and oxygen atoms in total. The molecule has 0 spiro atoms. The number of rotatable bonds is 2. The summed E-state index contributed by atoms with van der Waals surface area (Å²) < 4.78 is 19.4. The monoisotopic (exact) mass is 235 g/mol. The molecule has 3 heteroatoms. The number of hydrogen-bond donors (Lipinski definition) is 1. The van der Waals surface area contributed by atoms with Gasteiger partial charge in [-0.15, -0.1) is 0 Å². The van der Waals surface area contributed by atoms with E-state index >= 15 is 0 Å². The number of halogens is 1. The van der Waals surface area contributed by atoms with Crippen LogP contribution in [0.1, 0.15) is 30.4 Å². The van der Waals surface area contributed by atoms with E-state index in [9.17, 15) is 4.39 Å². The van der Waals surface area contributed by atoms with Gasteiger partial charge in [-0.2, -0.15) is 0 Å². The van der Waals surface area contributed by atoms with Gasteiger partial charge < -0.3 is 10.1 Å². The van der Waals surface area contributed by atoms with Crippen molar-refractivity contribution in [2.75, 3.05) is 13.2 Å². The Morgan fingerprint density at radius 2 is 2.29 bits per heavy atom. The Morgan fingerprint density at radius 3 is 3.12 bits per heavy atom. The van der Waals surface area contributed by atoms with E-state index in [1.807, 2.05) is 0 Å². The first-order chi connectivity index (χ1) is 8.34. The number of benzene rings is 1. The fourth-order valence-electron chi connectivity index (χ4n) is 2.88. The quantitative estimate of drug-likeness (QED) is 0.850. The summed E-state index contributed by atoms with van der Waals surface area (Å²) >= 11 is 0. The minimum absolute atomic E-state index is 0.0679. The fraction of sp³-hybridized carbons (Fsp3) is 0.571. The normalized spacial score (nSPS) is 23.2. The fourth-order valence-corrected chi connectivity index (χ4v) is 2.88. The van der Waals surface area contributed by atoms with Gasteiger partial charge in [-0.1, -0.05) is 6.42 Å². The van der Waals surface area contributed by atoms with Crippen molar-refractivity contribution in [1.29, 1.82) is 0 Å². The number of hydrogen-bond acceptors (Lipinski definition) is 2. The summed E-state index contributed by atoms with van der Waals surface area (Å²) in [5.74, 6) is 0.818. The first kappa shape index (κ1) is 11.0. The van der Waals surface area contributed by atoms with Crippen LogP contribution in [0, 0.1) is 5.82 Å². The molecule has 2 aliphatic rings. The minimum Gasteiger partial charge on any atom is -0.493 e. The molecule has 0 aliphatic carbocycles. The first-order valence-electron chi connectivity index (χ1n) is 6.51. The van der Waals surface area contributed by atoms with E-state index < -0.39 is 0 Å². The van der Waals surface area contributed by atoms with Crippen molar-refractivity contribution in [2.45, 2.75) is 38.1 Å². The molecule has 0 aromatic heterocycles. The predicted octanol–water partition coefficient (Wildman–Crippen LogP) is 2.45. The average molecular weight is 235 g/mol. The highest BCUT2D eigenvalue weighted by molar-refractivity contribution is 5.44. The molecule has 1 aromatic carbocycles. The molecule has 0 saturated carbocycles. The van der Waals surface area contributed by atoms with Crippen molar-refractivity contribution in [1.82, 2.24) is 5.32 Å². The summed E-state index contributed by atoms with van der Waals surface area (Å²) in [5, 5.41) is 3.48. The van der Waals surface area contributed by atoms with Crippen LogP contribution in [0.2, 0.25) is 0 Å². The van der Waals surface area contributed by atoms with E-state index in [4.69, 9.17) is 4.74 Å². The van der Waals surface area contributed by atoms with E-state index in [1.54, 1.807) is 12.1 Å². The highest BCUT2D eigenvalue weighted by Gasteiger charge is 2.22. The molecule has 2 aliphatic heterocycles. The SMILES string of the molecule is Fc1ccc2c(c1CC1CCCCN1)CCO2. The van der Waals surface area contributed by atoms with E-state index in [2.05, 4.69) is 5.32 Å². The lowest BCUT2D eigenvalue weighted by molar-refractivity contribution is 0.356. The molecule has 1 atom stereocenters. The van der Waals surface area contributed by atoms with Crippen molar-refractivity contribution in [3.63, 3.8) is 0 Å². The maximum atomic E-state index is 13.9. The number of fused-ring (bicyclic) bond motifs is 1. The smallest absolute Gasteiger partial charge is 0.127 e. The summed E-state index contributed by atoms with van der Waals surface area (Å²) in [6, 6.07) is 3.74. The molecule has 0 amide bonds. The van der Waals surface area contributed by atoms with Gasteiger partial charge >= 0.3 is 0 Å². The summed E-state index contributed by atoms with van der Waals surface area (Å²) in [6.45, 7) is 1.77. The van der Waals surface area contributed by atoms with Crippen LogP contribution in [-0.4, -0.2) is 19.2 Å². The highest BCUT2D eigenvalue weighted by atomic mass is 19.1. The third kappa shape index (κ3) is 2.16. The molecular weight excluding hydrogens is 217 g/mol. The zero-order chi connectivity index (χ0) is 11.7. The molecule has 1 unspecified atom stereocenters. The first-order valence-corrected chi connectivity index (χ1v) is 6.51. The molecule has 17 heavy (non-hydrogen) atoms. The Morgan fingerprint density at radius 1 is 1.35 bits per heavy atom.